The number of Topliss-reactive ketones (excluding diaryl/α,β-unsaturated/α-hetero) is 1. The van der Waals surface area contributed by atoms with Gasteiger partial charge in [-0.25, -0.2) is 0 Å². The van der Waals surface area contributed by atoms with E-state index in [1.807, 2.05) is 0 Å². The first kappa shape index (κ1) is 12.8. The Bertz CT molecular complexity index is 191. The fourth-order valence-corrected chi connectivity index (χ4v) is 1.22. The fraction of sp³-hybridized carbons (Fsp3) is 0.800. The Labute approximate surface area is 80.2 Å². The van der Waals surface area contributed by atoms with Crippen LogP contribution < -0.4 is 0 Å². The van der Waals surface area contributed by atoms with Gasteiger partial charge in [-0.05, 0) is 6.92 Å². The molecule has 13 heavy (non-hydrogen) atoms. The maximum atomic E-state index is 12.1. The van der Waals surface area contributed by atoms with Crippen LogP contribution in [0.25, 0.3) is 0 Å². The maximum Gasteiger partial charge on any atom is 0.170 e. The van der Waals surface area contributed by atoms with Crippen molar-refractivity contribution in [3.8, 4) is 0 Å². The van der Waals surface area contributed by atoms with E-state index in [4.69, 9.17) is 0 Å². The lowest BCUT2D eigenvalue weighted by Gasteiger charge is -2.26. The van der Waals surface area contributed by atoms with E-state index in [0.29, 0.717) is 0 Å². The van der Waals surface area contributed by atoms with E-state index < -0.39 is 33.9 Å². The number of ketones is 1. The standard InChI is InChI=1S/C5H7BrF4N2O/c1-5(12(9)10,3-11(7)8)4(13)2-6/h2-3H2,1H3. The summed E-state index contributed by atoms with van der Waals surface area (Å²) in [5.74, 6) is -1.02. The Morgan fingerprint density at radius 1 is 1.38 bits per heavy atom. The molecule has 0 aromatic carbocycles. The van der Waals surface area contributed by atoms with Crippen LogP contribution in [0, 0.1) is 0 Å². The molecule has 0 spiro atoms. The van der Waals surface area contributed by atoms with Gasteiger partial charge in [0.15, 0.2) is 11.3 Å². The second-order valence-electron chi connectivity index (χ2n) is 2.52. The summed E-state index contributed by atoms with van der Waals surface area (Å²) in [4.78, 5) is 10.9. The Morgan fingerprint density at radius 2 is 1.85 bits per heavy atom. The summed E-state index contributed by atoms with van der Waals surface area (Å²) in [7, 11) is 0. The minimum Gasteiger partial charge on any atom is -0.296 e. The number of hydrogen-bond acceptors (Lipinski definition) is 3. The van der Waals surface area contributed by atoms with E-state index in [1.165, 1.54) is 0 Å². The van der Waals surface area contributed by atoms with Crippen molar-refractivity contribution >= 4 is 21.7 Å². The molecule has 1 atom stereocenters. The molecule has 0 aromatic rings. The Morgan fingerprint density at radius 3 is 2.08 bits per heavy atom. The highest BCUT2D eigenvalue weighted by atomic mass is 79.9. The van der Waals surface area contributed by atoms with Crippen molar-refractivity contribution in [3.05, 3.63) is 0 Å². The van der Waals surface area contributed by atoms with Gasteiger partial charge >= 0.3 is 0 Å². The first-order chi connectivity index (χ1) is 5.84. The van der Waals surface area contributed by atoms with Gasteiger partial charge in [-0.15, -0.1) is 17.9 Å². The predicted molar refractivity (Wildman–Crippen MR) is 40.2 cm³/mol. The van der Waals surface area contributed by atoms with E-state index in [2.05, 4.69) is 15.9 Å². The summed E-state index contributed by atoms with van der Waals surface area (Å²) < 4.78 is 47.6. The van der Waals surface area contributed by atoms with Crippen LogP contribution in [0.5, 0.6) is 0 Å². The topological polar surface area (TPSA) is 23.6 Å². The molecular formula is C5H7BrF4N2O. The van der Waals surface area contributed by atoms with Crippen molar-refractivity contribution in [2.75, 3.05) is 11.9 Å². The van der Waals surface area contributed by atoms with Gasteiger partial charge in [-0.3, -0.25) is 4.79 Å². The number of halogens is 5. The minimum absolute atomic E-state index is 0.401. The van der Waals surface area contributed by atoms with Crippen molar-refractivity contribution in [1.29, 1.82) is 0 Å². The van der Waals surface area contributed by atoms with Crippen LogP contribution in [0.1, 0.15) is 6.92 Å². The molecule has 0 radical (unpaired) electrons. The SMILES string of the molecule is CC(CN(F)F)(C(=O)CBr)N(F)F. The lowest BCUT2D eigenvalue weighted by atomic mass is 9.99. The highest BCUT2D eigenvalue weighted by molar-refractivity contribution is 9.09. The molecule has 0 amide bonds. The van der Waals surface area contributed by atoms with E-state index in [0.717, 1.165) is 6.92 Å². The van der Waals surface area contributed by atoms with Crippen LogP contribution in [0.3, 0.4) is 0 Å². The second-order valence-corrected chi connectivity index (χ2v) is 3.09. The van der Waals surface area contributed by atoms with Gasteiger partial charge in [-0.1, -0.05) is 15.9 Å². The quantitative estimate of drug-likeness (QED) is 0.431. The third-order valence-electron chi connectivity index (χ3n) is 1.52. The van der Waals surface area contributed by atoms with E-state index in [1.54, 1.807) is 0 Å². The van der Waals surface area contributed by atoms with Crippen molar-refractivity contribution in [1.82, 2.24) is 10.7 Å². The van der Waals surface area contributed by atoms with Crippen molar-refractivity contribution in [3.63, 3.8) is 0 Å². The van der Waals surface area contributed by atoms with Gasteiger partial charge in [-0.2, -0.15) is 0 Å². The van der Waals surface area contributed by atoms with Gasteiger partial charge in [0.1, 0.15) is 0 Å². The first-order valence-corrected chi connectivity index (χ1v) is 4.27. The van der Waals surface area contributed by atoms with Crippen molar-refractivity contribution in [2.45, 2.75) is 12.5 Å². The van der Waals surface area contributed by atoms with E-state index >= 15 is 0 Å². The van der Waals surface area contributed by atoms with Crippen LogP contribution >= 0.6 is 15.9 Å². The lowest BCUT2D eigenvalue weighted by Crippen LogP contribution is -2.51. The maximum absolute atomic E-state index is 12.1. The molecule has 3 nitrogen and oxygen atoms in total. The summed E-state index contributed by atoms with van der Waals surface area (Å²) in [6, 6.07) is 0. The highest BCUT2D eigenvalue weighted by Gasteiger charge is 2.43. The van der Waals surface area contributed by atoms with Gasteiger partial charge in [0, 0.05) is 10.7 Å². The Hall–Kier alpha value is -0.210. The monoisotopic (exact) mass is 266 g/mol. The molecule has 0 fully saturated rings. The highest BCUT2D eigenvalue weighted by Crippen LogP contribution is 2.20. The zero-order valence-electron chi connectivity index (χ0n) is 6.61. The van der Waals surface area contributed by atoms with Gasteiger partial charge in [0.05, 0.1) is 11.9 Å². The number of rotatable bonds is 5. The zero-order chi connectivity index (χ0) is 10.6. The fourth-order valence-electron chi connectivity index (χ4n) is 0.613. The largest absolute Gasteiger partial charge is 0.296 e. The number of hydrogen-bond donors (Lipinski definition) is 0. The van der Waals surface area contributed by atoms with Gasteiger partial charge < -0.3 is 0 Å². The molecule has 0 N–H and O–H groups in total. The van der Waals surface area contributed by atoms with Crippen LogP contribution in [0.15, 0.2) is 0 Å². The second kappa shape index (κ2) is 4.87. The average molecular weight is 267 g/mol. The average Bonchev–Trinajstić information content (AvgIpc) is 2.01. The van der Waals surface area contributed by atoms with Crippen molar-refractivity contribution in [2.24, 2.45) is 0 Å². The molecule has 0 aliphatic heterocycles. The molecule has 0 bridgehead atoms. The van der Waals surface area contributed by atoms with E-state index in [-0.39, 0.29) is 0 Å². The molecule has 8 heteroatoms. The molecule has 1 unspecified atom stereocenters. The molecular weight excluding hydrogens is 260 g/mol. The lowest BCUT2D eigenvalue weighted by molar-refractivity contribution is -0.256. The first-order valence-electron chi connectivity index (χ1n) is 3.14. The molecule has 0 saturated heterocycles. The molecule has 0 heterocycles. The smallest absolute Gasteiger partial charge is 0.170 e. The normalized spacial score (nSPS) is 16.3. The van der Waals surface area contributed by atoms with Gasteiger partial charge in [0.2, 0.25) is 0 Å². The molecule has 0 aliphatic carbocycles. The predicted octanol–water partition coefficient (Wildman–Crippen LogP) is 1.85. The molecule has 0 saturated carbocycles. The van der Waals surface area contributed by atoms with Crippen LogP contribution in [-0.4, -0.2) is 33.9 Å². The van der Waals surface area contributed by atoms with Crippen LogP contribution in [0.4, 0.5) is 17.9 Å². The summed E-state index contributed by atoms with van der Waals surface area (Å²) in [5.41, 5.74) is -2.48. The Balaban J connectivity index is 4.62. The molecule has 0 aromatic heterocycles. The third kappa shape index (κ3) is 3.20. The molecule has 0 aliphatic rings. The van der Waals surface area contributed by atoms with Gasteiger partial charge in [0.25, 0.3) is 0 Å². The number of alkyl halides is 1. The van der Waals surface area contributed by atoms with Crippen molar-refractivity contribution < 1.29 is 22.7 Å². The summed E-state index contributed by atoms with van der Waals surface area (Å²) >= 11 is 2.64. The molecule has 0 rings (SSSR count). The number of carbonyl (C=O) groups excluding carboxylic acids is 1. The summed E-state index contributed by atoms with van der Waals surface area (Å²) in [6.07, 6.45) is 0. The summed E-state index contributed by atoms with van der Waals surface area (Å²) in [5, 5.41) is -3.36. The molecule has 78 valence electrons. The summed E-state index contributed by atoms with van der Waals surface area (Å²) in [6.45, 7) is -0.604. The van der Waals surface area contributed by atoms with Crippen LogP contribution in [-0.2, 0) is 4.79 Å². The van der Waals surface area contributed by atoms with Crippen LogP contribution in [0.2, 0.25) is 0 Å². The zero-order valence-corrected chi connectivity index (χ0v) is 8.19. The number of nitrogens with zero attached hydrogens (tertiary/aromatic N) is 2. The number of carbonyl (C=O) groups is 1. The third-order valence-corrected chi connectivity index (χ3v) is 2.03. The van der Waals surface area contributed by atoms with E-state index in [9.17, 15) is 22.7 Å². The minimum atomic E-state index is -2.48. The Kier molecular flexibility index (Phi) is 4.79.